The summed E-state index contributed by atoms with van der Waals surface area (Å²) in [6, 6.07) is 2.09. The number of aryl methyl sites for hydroxylation is 1. The maximum absolute atomic E-state index is 12.4. The van der Waals surface area contributed by atoms with Gasteiger partial charge in [0.25, 0.3) is 5.78 Å². The summed E-state index contributed by atoms with van der Waals surface area (Å²) in [5.41, 5.74) is 0.904. The van der Waals surface area contributed by atoms with E-state index in [0.29, 0.717) is 5.78 Å². The molecule has 1 saturated carbocycles. The van der Waals surface area contributed by atoms with Crippen molar-refractivity contribution >= 4 is 21.6 Å². The topological polar surface area (TPSA) is 83.7 Å². The lowest BCUT2D eigenvalue weighted by molar-refractivity contribution is 0.310. The van der Waals surface area contributed by atoms with Crippen molar-refractivity contribution in [2.24, 2.45) is 0 Å². The molecule has 0 radical (unpaired) electrons. The molecule has 2 aliphatic rings. The van der Waals surface area contributed by atoms with E-state index in [2.05, 4.69) is 20.0 Å². The minimum Gasteiger partial charge on any atom is -0.356 e. The number of hydrogen-bond acceptors (Lipinski definition) is 6. The lowest BCUT2D eigenvalue weighted by Crippen LogP contribution is -2.47. The molecule has 2 fully saturated rings. The zero-order chi connectivity index (χ0) is 16.9. The molecule has 0 aromatic carbocycles. The Hall–Kier alpha value is -1.74. The first kappa shape index (κ1) is 15.8. The standard InChI is InChI=1S/C15H22N6O2S/c1-11-9-14(21-15(18-11)16-10-17-21)20-7-5-12(6-8-20)19(2)24(22,23)13-3-4-13/h9-10,12-13H,3-8H2,1-2H3. The SMILES string of the molecule is Cc1cc(N2CCC(N(C)S(=O)(=O)C3CC3)CC2)n2ncnc2n1. The molecular weight excluding hydrogens is 328 g/mol. The largest absolute Gasteiger partial charge is 0.356 e. The van der Waals surface area contributed by atoms with E-state index in [9.17, 15) is 8.42 Å². The van der Waals surface area contributed by atoms with Crippen molar-refractivity contribution in [3.8, 4) is 0 Å². The summed E-state index contributed by atoms with van der Waals surface area (Å²) < 4.78 is 28.2. The summed E-state index contributed by atoms with van der Waals surface area (Å²) in [4.78, 5) is 10.8. The molecule has 2 aromatic heterocycles. The second kappa shape index (κ2) is 5.66. The molecule has 2 aromatic rings. The first-order chi connectivity index (χ1) is 11.5. The van der Waals surface area contributed by atoms with E-state index in [1.807, 2.05) is 13.0 Å². The molecule has 0 bridgehead atoms. The smallest absolute Gasteiger partial charge is 0.254 e. The molecule has 1 aliphatic heterocycles. The fourth-order valence-corrected chi connectivity index (χ4v) is 5.23. The number of sulfonamides is 1. The van der Waals surface area contributed by atoms with Crippen LogP contribution >= 0.6 is 0 Å². The molecule has 130 valence electrons. The number of anilines is 1. The Balaban J connectivity index is 1.50. The Morgan fingerprint density at radius 2 is 1.92 bits per heavy atom. The molecule has 0 amide bonds. The van der Waals surface area contributed by atoms with Crippen LogP contribution in [0.5, 0.6) is 0 Å². The molecule has 0 unspecified atom stereocenters. The van der Waals surface area contributed by atoms with Crippen LogP contribution in [0.3, 0.4) is 0 Å². The van der Waals surface area contributed by atoms with E-state index in [4.69, 9.17) is 0 Å². The van der Waals surface area contributed by atoms with Crippen LogP contribution in [-0.4, -0.2) is 63.7 Å². The van der Waals surface area contributed by atoms with Gasteiger partial charge in [0.2, 0.25) is 10.0 Å². The monoisotopic (exact) mass is 350 g/mol. The van der Waals surface area contributed by atoms with Crippen molar-refractivity contribution in [1.82, 2.24) is 23.9 Å². The van der Waals surface area contributed by atoms with Gasteiger partial charge in [0, 0.05) is 37.9 Å². The first-order valence-corrected chi connectivity index (χ1v) is 9.86. The second-order valence-corrected chi connectivity index (χ2v) is 8.98. The van der Waals surface area contributed by atoms with Crippen molar-refractivity contribution in [2.45, 2.75) is 43.9 Å². The molecular formula is C15H22N6O2S. The van der Waals surface area contributed by atoms with E-state index in [0.717, 1.165) is 50.3 Å². The van der Waals surface area contributed by atoms with Crippen molar-refractivity contribution < 1.29 is 8.42 Å². The number of piperidine rings is 1. The highest BCUT2D eigenvalue weighted by atomic mass is 32.2. The van der Waals surface area contributed by atoms with E-state index in [-0.39, 0.29) is 11.3 Å². The summed E-state index contributed by atoms with van der Waals surface area (Å²) in [6.07, 6.45) is 4.77. The van der Waals surface area contributed by atoms with Gasteiger partial charge in [-0.15, -0.1) is 0 Å². The summed E-state index contributed by atoms with van der Waals surface area (Å²) >= 11 is 0. The molecule has 0 spiro atoms. The van der Waals surface area contributed by atoms with Gasteiger partial charge in [-0.05, 0) is 32.6 Å². The number of rotatable bonds is 4. The predicted octanol–water partition coefficient (Wildman–Crippen LogP) is 0.826. The first-order valence-electron chi connectivity index (χ1n) is 8.36. The Labute approximate surface area is 141 Å². The normalized spacial score (nSPS) is 20.2. The lowest BCUT2D eigenvalue weighted by Gasteiger charge is -2.37. The molecule has 4 rings (SSSR count). The number of hydrogen-bond donors (Lipinski definition) is 0. The van der Waals surface area contributed by atoms with Crippen LogP contribution in [-0.2, 0) is 10.0 Å². The Morgan fingerprint density at radius 1 is 1.21 bits per heavy atom. The quantitative estimate of drug-likeness (QED) is 0.812. The third-order valence-electron chi connectivity index (χ3n) is 5.01. The number of nitrogens with zero attached hydrogens (tertiary/aromatic N) is 6. The van der Waals surface area contributed by atoms with Gasteiger partial charge in [-0.2, -0.15) is 14.6 Å². The van der Waals surface area contributed by atoms with Gasteiger partial charge >= 0.3 is 0 Å². The van der Waals surface area contributed by atoms with Crippen molar-refractivity contribution in [2.75, 3.05) is 25.0 Å². The molecule has 3 heterocycles. The maximum atomic E-state index is 12.4. The molecule has 8 nitrogen and oxygen atoms in total. The van der Waals surface area contributed by atoms with Gasteiger partial charge in [0.15, 0.2) is 0 Å². The van der Waals surface area contributed by atoms with E-state index < -0.39 is 10.0 Å². The lowest BCUT2D eigenvalue weighted by atomic mass is 10.1. The van der Waals surface area contributed by atoms with Gasteiger partial charge in [0.1, 0.15) is 12.1 Å². The zero-order valence-electron chi connectivity index (χ0n) is 14.0. The molecule has 0 atom stereocenters. The maximum Gasteiger partial charge on any atom is 0.254 e. The van der Waals surface area contributed by atoms with Crippen LogP contribution < -0.4 is 4.90 Å². The fraction of sp³-hybridized carbons (Fsp3) is 0.667. The van der Waals surface area contributed by atoms with Crippen molar-refractivity contribution in [3.63, 3.8) is 0 Å². The highest BCUT2D eigenvalue weighted by molar-refractivity contribution is 7.90. The molecule has 1 saturated heterocycles. The number of fused-ring (bicyclic) bond motifs is 1. The van der Waals surface area contributed by atoms with Crippen LogP contribution in [0, 0.1) is 6.92 Å². The number of aromatic nitrogens is 4. The summed E-state index contributed by atoms with van der Waals surface area (Å²) in [5, 5.41) is 4.11. The Kier molecular flexibility index (Phi) is 3.72. The van der Waals surface area contributed by atoms with Gasteiger partial charge in [-0.25, -0.2) is 17.7 Å². The molecule has 0 N–H and O–H groups in total. The third kappa shape index (κ3) is 2.65. The Bertz CT molecular complexity index is 852. The van der Waals surface area contributed by atoms with Gasteiger partial charge in [-0.1, -0.05) is 0 Å². The summed E-state index contributed by atoms with van der Waals surface area (Å²) in [7, 11) is -1.37. The van der Waals surface area contributed by atoms with Crippen LogP contribution in [0.2, 0.25) is 0 Å². The highest BCUT2D eigenvalue weighted by Gasteiger charge is 2.41. The van der Waals surface area contributed by atoms with Gasteiger partial charge in [-0.3, -0.25) is 0 Å². The average Bonchev–Trinajstić information content (AvgIpc) is 3.33. The van der Waals surface area contributed by atoms with Crippen LogP contribution in [0.1, 0.15) is 31.4 Å². The van der Waals surface area contributed by atoms with Gasteiger partial charge < -0.3 is 4.90 Å². The minimum atomic E-state index is -3.10. The predicted molar refractivity (Wildman–Crippen MR) is 90.5 cm³/mol. The van der Waals surface area contributed by atoms with Crippen LogP contribution in [0.25, 0.3) is 5.78 Å². The highest BCUT2D eigenvalue weighted by Crippen LogP contribution is 2.33. The zero-order valence-corrected chi connectivity index (χ0v) is 14.8. The summed E-state index contributed by atoms with van der Waals surface area (Å²) in [6.45, 7) is 3.54. The van der Waals surface area contributed by atoms with E-state index >= 15 is 0 Å². The van der Waals surface area contributed by atoms with E-state index in [1.54, 1.807) is 15.9 Å². The molecule has 24 heavy (non-hydrogen) atoms. The van der Waals surface area contributed by atoms with Crippen molar-refractivity contribution in [1.29, 1.82) is 0 Å². The van der Waals surface area contributed by atoms with Gasteiger partial charge in [0.05, 0.1) is 5.25 Å². The summed E-state index contributed by atoms with van der Waals surface area (Å²) in [5.74, 6) is 1.57. The van der Waals surface area contributed by atoms with Crippen LogP contribution in [0.15, 0.2) is 12.4 Å². The van der Waals surface area contributed by atoms with E-state index in [1.165, 1.54) is 6.33 Å². The molecule has 1 aliphatic carbocycles. The van der Waals surface area contributed by atoms with Crippen LogP contribution in [0.4, 0.5) is 5.82 Å². The molecule has 9 heteroatoms. The Morgan fingerprint density at radius 3 is 2.58 bits per heavy atom. The third-order valence-corrected chi connectivity index (χ3v) is 7.43. The van der Waals surface area contributed by atoms with Crippen molar-refractivity contribution in [3.05, 3.63) is 18.1 Å². The average molecular weight is 350 g/mol. The minimum absolute atomic E-state index is 0.0843. The second-order valence-electron chi connectivity index (χ2n) is 6.71. The fourth-order valence-electron chi connectivity index (χ4n) is 3.40.